The van der Waals surface area contributed by atoms with Gasteiger partial charge in [0.15, 0.2) is 0 Å². The minimum absolute atomic E-state index is 0.153. The predicted octanol–water partition coefficient (Wildman–Crippen LogP) is 1.86. The van der Waals surface area contributed by atoms with Crippen LogP contribution in [0.5, 0.6) is 0 Å². The summed E-state index contributed by atoms with van der Waals surface area (Å²) in [5, 5.41) is 13.1. The van der Waals surface area contributed by atoms with Crippen molar-refractivity contribution in [1.29, 1.82) is 0 Å². The number of nitrogens with one attached hydrogen (secondary N) is 1. The van der Waals surface area contributed by atoms with Gasteiger partial charge in [0.25, 0.3) is 0 Å². The van der Waals surface area contributed by atoms with Crippen molar-refractivity contribution in [3.05, 3.63) is 0 Å². The predicted molar refractivity (Wildman–Crippen MR) is 73.2 cm³/mol. The van der Waals surface area contributed by atoms with E-state index in [1.165, 1.54) is 19.5 Å². The average molecular weight is 242 g/mol. The van der Waals surface area contributed by atoms with Crippen molar-refractivity contribution in [2.24, 2.45) is 5.92 Å². The number of aliphatic hydroxyl groups is 1. The first-order valence-corrected chi connectivity index (χ1v) is 6.99. The quantitative estimate of drug-likeness (QED) is 0.746. The topological polar surface area (TPSA) is 35.5 Å². The van der Waals surface area contributed by atoms with Crippen molar-refractivity contribution >= 4 is 0 Å². The Morgan fingerprint density at radius 3 is 2.47 bits per heavy atom. The molecule has 102 valence electrons. The van der Waals surface area contributed by atoms with Crippen LogP contribution in [0.25, 0.3) is 0 Å². The lowest BCUT2D eigenvalue weighted by molar-refractivity contribution is 0.118. The van der Waals surface area contributed by atoms with Gasteiger partial charge in [-0.2, -0.15) is 0 Å². The molecular formula is C14H30N2O. The van der Waals surface area contributed by atoms with E-state index in [1.54, 1.807) is 0 Å². The zero-order chi connectivity index (χ0) is 13.1. The van der Waals surface area contributed by atoms with Crippen LogP contribution in [0.4, 0.5) is 0 Å². The summed E-state index contributed by atoms with van der Waals surface area (Å²) in [7, 11) is 0. The van der Waals surface area contributed by atoms with Crippen molar-refractivity contribution in [3.63, 3.8) is 0 Å². The SMILES string of the molecule is CC1CCN(C(C)CC(C)(CO)NC(C)C)C1. The molecule has 1 aliphatic heterocycles. The van der Waals surface area contributed by atoms with Crippen LogP contribution in [0, 0.1) is 5.92 Å². The second kappa shape index (κ2) is 6.17. The van der Waals surface area contributed by atoms with Crippen LogP contribution in [0.1, 0.15) is 47.5 Å². The summed E-state index contributed by atoms with van der Waals surface area (Å²) in [5.41, 5.74) is -0.153. The molecule has 0 aliphatic carbocycles. The van der Waals surface area contributed by atoms with Crippen LogP contribution in [0.2, 0.25) is 0 Å². The summed E-state index contributed by atoms with van der Waals surface area (Å²) in [5.74, 6) is 0.830. The number of hydrogen-bond donors (Lipinski definition) is 2. The summed E-state index contributed by atoms with van der Waals surface area (Å²) >= 11 is 0. The Kier molecular flexibility index (Phi) is 5.42. The van der Waals surface area contributed by atoms with Crippen LogP contribution >= 0.6 is 0 Å². The molecule has 0 bridgehead atoms. The van der Waals surface area contributed by atoms with Gasteiger partial charge in [-0.25, -0.2) is 0 Å². The van der Waals surface area contributed by atoms with Crippen molar-refractivity contribution < 1.29 is 5.11 Å². The van der Waals surface area contributed by atoms with Gasteiger partial charge in [0.05, 0.1) is 6.61 Å². The van der Waals surface area contributed by atoms with Gasteiger partial charge < -0.3 is 15.3 Å². The molecule has 0 aromatic carbocycles. The highest BCUT2D eigenvalue weighted by Gasteiger charge is 2.31. The Hall–Kier alpha value is -0.120. The lowest BCUT2D eigenvalue weighted by Crippen LogP contribution is -2.52. The van der Waals surface area contributed by atoms with Crippen molar-refractivity contribution in [2.45, 2.75) is 65.1 Å². The summed E-state index contributed by atoms with van der Waals surface area (Å²) in [4.78, 5) is 2.56. The van der Waals surface area contributed by atoms with Crippen molar-refractivity contribution in [1.82, 2.24) is 10.2 Å². The van der Waals surface area contributed by atoms with Gasteiger partial charge in [0, 0.05) is 24.2 Å². The molecule has 0 saturated carbocycles. The fraction of sp³-hybridized carbons (Fsp3) is 1.00. The second-order valence-electron chi connectivity index (χ2n) is 6.46. The van der Waals surface area contributed by atoms with E-state index in [0.717, 1.165) is 12.3 Å². The van der Waals surface area contributed by atoms with Gasteiger partial charge in [-0.1, -0.05) is 20.8 Å². The third kappa shape index (κ3) is 4.57. The fourth-order valence-electron chi connectivity index (χ4n) is 3.02. The van der Waals surface area contributed by atoms with E-state index in [2.05, 4.69) is 44.8 Å². The number of nitrogens with zero attached hydrogens (tertiary/aromatic N) is 1. The average Bonchev–Trinajstić information content (AvgIpc) is 2.63. The van der Waals surface area contributed by atoms with Gasteiger partial charge in [-0.3, -0.25) is 0 Å². The van der Waals surface area contributed by atoms with Crippen LogP contribution in [-0.4, -0.2) is 47.3 Å². The summed E-state index contributed by atoms with van der Waals surface area (Å²) in [6.45, 7) is 13.6. The van der Waals surface area contributed by atoms with E-state index in [4.69, 9.17) is 0 Å². The molecule has 3 heteroatoms. The van der Waals surface area contributed by atoms with E-state index in [0.29, 0.717) is 12.1 Å². The minimum Gasteiger partial charge on any atom is -0.394 e. The highest BCUT2D eigenvalue weighted by Crippen LogP contribution is 2.23. The number of rotatable bonds is 6. The Balaban J connectivity index is 2.49. The molecule has 0 aromatic rings. The first-order chi connectivity index (χ1) is 7.86. The third-order valence-corrected chi connectivity index (χ3v) is 3.81. The molecule has 1 rings (SSSR count). The Morgan fingerprint density at radius 1 is 1.41 bits per heavy atom. The largest absolute Gasteiger partial charge is 0.394 e. The minimum atomic E-state index is -0.153. The zero-order valence-electron chi connectivity index (χ0n) is 12.2. The molecule has 2 N–H and O–H groups in total. The first kappa shape index (κ1) is 14.9. The summed E-state index contributed by atoms with van der Waals surface area (Å²) in [6.07, 6.45) is 2.33. The van der Waals surface area contributed by atoms with E-state index in [9.17, 15) is 5.11 Å². The highest BCUT2D eigenvalue weighted by atomic mass is 16.3. The molecule has 1 heterocycles. The molecule has 17 heavy (non-hydrogen) atoms. The Bertz CT molecular complexity index is 232. The Morgan fingerprint density at radius 2 is 2.06 bits per heavy atom. The second-order valence-corrected chi connectivity index (χ2v) is 6.46. The maximum Gasteiger partial charge on any atom is 0.0611 e. The van der Waals surface area contributed by atoms with E-state index >= 15 is 0 Å². The van der Waals surface area contributed by atoms with Gasteiger partial charge in [-0.15, -0.1) is 0 Å². The maximum atomic E-state index is 9.60. The van der Waals surface area contributed by atoms with Gasteiger partial charge in [0.1, 0.15) is 0 Å². The molecule has 0 radical (unpaired) electrons. The summed E-state index contributed by atoms with van der Waals surface area (Å²) < 4.78 is 0. The maximum absolute atomic E-state index is 9.60. The molecule has 3 nitrogen and oxygen atoms in total. The van der Waals surface area contributed by atoms with Gasteiger partial charge >= 0.3 is 0 Å². The summed E-state index contributed by atoms with van der Waals surface area (Å²) in [6, 6.07) is 0.959. The van der Waals surface area contributed by atoms with Gasteiger partial charge in [0.2, 0.25) is 0 Å². The lowest BCUT2D eigenvalue weighted by atomic mass is 9.93. The molecular weight excluding hydrogens is 212 g/mol. The molecule has 0 amide bonds. The van der Waals surface area contributed by atoms with Crippen molar-refractivity contribution in [2.75, 3.05) is 19.7 Å². The molecule has 1 saturated heterocycles. The standard InChI is InChI=1S/C14H30N2O/c1-11(2)15-14(5,10-17)8-13(4)16-7-6-12(3)9-16/h11-13,15,17H,6-10H2,1-5H3. The zero-order valence-corrected chi connectivity index (χ0v) is 12.2. The molecule has 0 spiro atoms. The molecule has 3 atom stereocenters. The number of hydrogen-bond acceptors (Lipinski definition) is 3. The molecule has 3 unspecified atom stereocenters. The molecule has 0 aromatic heterocycles. The van der Waals surface area contributed by atoms with E-state index in [1.807, 2.05) is 0 Å². The highest BCUT2D eigenvalue weighted by molar-refractivity contribution is 4.89. The van der Waals surface area contributed by atoms with Crippen LogP contribution < -0.4 is 5.32 Å². The number of likely N-dealkylation sites (tertiary alicyclic amines) is 1. The van der Waals surface area contributed by atoms with Crippen molar-refractivity contribution in [3.8, 4) is 0 Å². The fourth-order valence-corrected chi connectivity index (χ4v) is 3.02. The molecule has 1 aliphatic rings. The normalized spacial score (nSPS) is 27.4. The number of aliphatic hydroxyl groups excluding tert-OH is 1. The molecule has 1 fully saturated rings. The third-order valence-electron chi connectivity index (χ3n) is 3.81. The van der Waals surface area contributed by atoms with Gasteiger partial charge in [-0.05, 0) is 39.2 Å². The van der Waals surface area contributed by atoms with Crippen LogP contribution in [0.3, 0.4) is 0 Å². The first-order valence-electron chi connectivity index (χ1n) is 6.99. The lowest BCUT2D eigenvalue weighted by Gasteiger charge is -2.36. The van der Waals surface area contributed by atoms with Crippen LogP contribution in [-0.2, 0) is 0 Å². The monoisotopic (exact) mass is 242 g/mol. The van der Waals surface area contributed by atoms with Crippen LogP contribution in [0.15, 0.2) is 0 Å². The van der Waals surface area contributed by atoms with E-state index < -0.39 is 0 Å². The van der Waals surface area contributed by atoms with E-state index in [-0.39, 0.29) is 12.1 Å². The Labute approximate surface area is 107 Å². The smallest absolute Gasteiger partial charge is 0.0611 e.